The second-order valence-electron chi connectivity index (χ2n) is 6.51. The zero-order valence-electron chi connectivity index (χ0n) is 14.0. The Bertz CT molecular complexity index is 702. The van der Waals surface area contributed by atoms with Crippen molar-refractivity contribution < 1.29 is 4.79 Å². The number of halogens is 1. The van der Waals surface area contributed by atoms with Crippen molar-refractivity contribution in [3.05, 3.63) is 64.7 Å². The average Bonchev–Trinajstić information content (AvgIpc) is 2.58. The van der Waals surface area contributed by atoms with E-state index in [1.54, 1.807) is 0 Å². The highest BCUT2D eigenvalue weighted by molar-refractivity contribution is 6.30. The van der Waals surface area contributed by atoms with E-state index in [9.17, 15) is 4.79 Å². The van der Waals surface area contributed by atoms with E-state index in [-0.39, 0.29) is 11.8 Å². The highest BCUT2D eigenvalue weighted by Gasteiger charge is 2.26. The van der Waals surface area contributed by atoms with Crippen molar-refractivity contribution in [3.63, 3.8) is 0 Å². The third-order valence-corrected chi connectivity index (χ3v) is 4.81. The maximum atomic E-state index is 12.6. The van der Waals surface area contributed by atoms with E-state index in [2.05, 4.69) is 34.5 Å². The fourth-order valence-electron chi connectivity index (χ4n) is 3.26. The number of nitrogens with one attached hydrogen (secondary N) is 1. The lowest BCUT2D eigenvalue weighted by Crippen LogP contribution is -2.40. The summed E-state index contributed by atoms with van der Waals surface area (Å²) < 4.78 is 0. The summed E-state index contributed by atoms with van der Waals surface area (Å²) in [5.74, 6) is 0.149. The molecule has 0 saturated carbocycles. The Morgan fingerprint density at radius 1 is 1.25 bits per heavy atom. The molecule has 0 spiro atoms. The van der Waals surface area contributed by atoms with Crippen LogP contribution < -0.4 is 5.32 Å². The molecule has 1 amide bonds. The molecular formula is C20H23ClN2O. The van der Waals surface area contributed by atoms with Crippen LogP contribution in [0.15, 0.2) is 48.5 Å². The van der Waals surface area contributed by atoms with Crippen LogP contribution in [0.25, 0.3) is 0 Å². The zero-order valence-corrected chi connectivity index (χ0v) is 14.7. The van der Waals surface area contributed by atoms with Crippen LogP contribution in [0.3, 0.4) is 0 Å². The molecule has 3 rings (SSSR count). The van der Waals surface area contributed by atoms with Crippen molar-refractivity contribution in [1.29, 1.82) is 0 Å². The first-order chi connectivity index (χ1) is 11.6. The van der Waals surface area contributed by atoms with E-state index in [1.165, 1.54) is 5.56 Å². The lowest BCUT2D eigenvalue weighted by atomic mass is 9.96. The predicted octanol–water partition coefficient (Wildman–Crippen LogP) is 4.50. The smallest absolute Gasteiger partial charge is 0.228 e. The molecule has 2 aromatic carbocycles. The van der Waals surface area contributed by atoms with Gasteiger partial charge in [0.15, 0.2) is 0 Å². The lowest BCUT2D eigenvalue weighted by molar-refractivity contribution is -0.121. The molecule has 1 fully saturated rings. The second-order valence-corrected chi connectivity index (χ2v) is 6.94. The quantitative estimate of drug-likeness (QED) is 0.887. The molecule has 1 aliphatic heterocycles. The van der Waals surface area contributed by atoms with E-state index in [1.807, 2.05) is 31.2 Å². The highest BCUT2D eigenvalue weighted by Crippen LogP contribution is 2.23. The van der Waals surface area contributed by atoms with Crippen LogP contribution in [0.2, 0.25) is 5.02 Å². The van der Waals surface area contributed by atoms with Gasteiger partial charge in [0.2, 0.25) is 5.91 Å². The molecule has 0 aliphatic carbocycles. The van der Waals surface area contributed by atoms with Crippen LogP contribution in [0, 0.1) is 12.8 Å². The summed E-state index contributed by atoms with van der Waals surface area (Å²) in [5, 5.41) is 3.76. The molecule has 0 aromatic heterocycles. The van der Waals surface area contributed by atoms with Gasteiger partial charge in [-0.25, -0.2) is 0 Å². The third kappa shape index (κ3) is 4.37. The number of hydrogen-bond acceptors (Lipinski definition) is 2. The highest BCUT2D eigenvalue weighted by atomic mass is 35.5. The molecule has 1 aliphatic rings. The largest absolute Gasteiger partial charge is 0.326 e. The first-order valence-corrected chi connectivity index (χ1v) is 8.83. The van der Waals surface area contributed by atoms with E-state index in [4.69, 9.17) is 11.6 Å². The summed E-state index contributed by atoms with van der Waals surface area (Å²) >= 11 is 5.98. The number of amides is 1. The predicted molar refractivity (Wildman–Crippen MR) is 99.3 cm³/mol. The number of rotatable bonds is 4. The standard InChI is InChI=1S/C20H23ClN2O/c1-15-12-18(21)9-10-19(15)22-20(24)17-8-5-11-23(14-17)13-16-6-3-2-4-7-16/h2-4,6-7,9-10,12,17H,5,8,11,13-14H2,1H3,(H,22,24)/t17-/m1/s1. The van der Waals surface area contributed by atoms with Gasteiger partial charge in [0, 0.05) is 23.8 Å². The van der Waals surface area contributed by atoms with E-state index >= 15 is 0 Å². The van der Waals surface area contributed by atoms with Gasteiger partial charge in [-0.3, -0.25) is 9.69 Å². The number of aryl methyl sites for hydroxylation is 1. The number of nitrogens with zero attached hydrogens (tertiary/aromatic N) is 1. The molecule has 1 N–H and O–H groups in total. The van der Waals surface area contributed by atoms with E-state index in [0.29, 0.717) is 5.02 Å². The second kappa shape index (κ2) is 7.82. The van der Waals surface area contributed by atoms with Gasteiger partial charge in [0.1, 0.15) is 0 Å². The van der Waals surface area contributed by atoms with Gasteiger partial charge in [-0.1, -0.05) is 41.9 Å². The molecule has 4 heteroatoms. The van der Waals surface area contributed by atoms with Crippen molar-refractivity contribution in [1.82, 2.24) is 4.90 Å². The minimum Gasteiger partial charge on any atom is -0.326 e. The molecule has 1 atom stereocenters. The minimum atomic E-state index is 0.0394. The fourth-order valence-corrected chi connectivity index (χ4v) is 3.48. The van der Waals surface area contributed by atoms with Gasteiger partial charge in [0.25, 0.3) is 0 Å². The number of piperidine rings is 1. The SMILES string of the molecule is Cc1cc(Cl)ccc1NC(=O)[C@@H]1CCCN(Cc2ccccc2)C1. The summed E-state index contributed by atoms with van der Waals surface area (Å²) in [6.45, 7) is 4.74. The number of anilines is 1. The van der Waals surface area contributed by atoms with Crippen LogP contribution in [0.1, 0.15) is 24.0 Å². The Kier molecular flexibility index (Phi) is 5.54. The minimum absolute atomic E-state index is 0.0394. The summed E-state index contributed by atoms with van der Waals surface area (Å²) in [4.78, 5) is 15.0. The normalized spacial score (nSPS) is 18.3. The monoisotopic (exact) mass is 342 g/mol. The first-order valence-electron chi connectivity index (χ1n) is 8.45. The van der Waals surface area contributed by atoms with Crippen LogP contribution >= 0.6 is 11.6 Å². The number of benzene rings is 2. The van der Waals surface area contributed by atoms with Crippen molar-refractivity contribution in [3.8, 4) is 0 Å². The maximum Gasteiger partial charge on any atom is 0.228 e. The van der Waals surface area contributed by atoms with Crippen molar-refractivity contribution in [2.75, 3.05) is 18.4 Å². The van der Waals surface area contributed by atoms with Crippen LogP contribution in [-0.4, -0.2) is 23.9 Å². The average molecular weight is 343 g/mol. The molecule has 1 heterocycles. The maximum absolute atomic E-state index is 12.6. The first kappa shape index (κ1) is 17.0. The summed E-state index contributed by atoms with van der Waals surface area (Å²) in [5.41, 5.74) is 3.14. The van der Waals surface area contributed by atoms with E-state index < -0.39 is 0 Å². The fraction of sp³-hybridized carbons (Fsp3) is 0.350. The Balaban J connectivity index is 1.60. The third-order valence-electron chi connectivity index (χ3n) is 4.57. The molecule has 24 heavy (non-hydrogen) atoms. The molecule has 0 radical (unpaired) electrons. The van der Waals surface area contributed by atoms with Gasteiger partial charge < -0.3 is 5.32 Å². The van der Waals surface area contributed by atoms with Gasteiger partial charge in [-0.2, -0.15) is 0 Å². The zero-order chi connectivity index (χ0) is 16.9. The van der Waals surface area contributed by atoms with Crippen LogP contribution in [0.4, 0.5) is 5.69 Å². The summed E-state index contributed by atoms with van der Waals surface area (Å²) in [7, 11) is 0. The molecule has 1 saturated heterocycles. The van der Waals surface area contributed by atoms with E-state index in [0.717, 1.165) is 43.7 Å². The summed E-state index contributed by atoms with van der Waals surface area (Å²) in [6, 6.07) is 16.0. The van der Waals surface area contributed by atoms with Gasteiger partial charge >= 0.3 is 0 Å². The molecule has 2 aromatic rings. The topological polar surface area (TPSA) is 32.3 Å². The number of likely N-dealkylation sites (tertiary alicyclic amines) is 1. The Labute approximate surface area is 148 Å². The Morgan fingerprint density at radius 2 is 2.04 bits per heavy atom. The number of hydrogen-bond donors (Lipinski definition) is 1. The van der Waals surface area contributed by atoms with Crippen molar-refractivity contribution in [2.24, 2.45) is 5.92 Å². The molecule has 0 bridgehead atoms. The van der Waals surface area contributed by atoms with Gasteiger partial charge in [-0.05, 0) is 55.6 Å². The number of carbonyl (C=O) groups is 1. The van der Waals surface area contributed by atoms with Crippen LogP contribution in [0.5, 0.6) is 0 Å². The Morgan fingerprint density at radius 3 is 2.79 bits per heavy atom. The van der Waals surface area contributed by atoms with Gasteiger partial charge in [-0.15, -0.1) is 0 Å². The summed E-state index contributed by atoms with van der Waals surface area (Å²) in [6.07, 6.45) is 2.01. The Hall–Kier alpha value is -1.84. The molecular weight excluding hydrogens is 320 g/mol. The molecule has 126 valence electrons. The van der Waals surface area contributed by atoms with Crippen molar-refractivity contribution in [2.45, 2.75) is 26.3 Å². The molecule has 0 unspecified atom stereocenters. The lowest BCUT2D eigenvalue weighted by Gasteiger charge is -2.32. The molecule has 3 nitrogen and oxygen atoms in total. The van der Waals surface area contributed by atoms with Crippen molar-refractivity contribution >= 4 is 23.2 Å². The number of carbonyl (C=O) groups excluding carboxylic acids is 1. The van der Waals surface area contributed by atoms with Gasteiger partial charge in [0.05, 0.1) is 5.92 Å². The van der Waals surface area contributed by atoms with Crippen LogP contribution in [-0.2, 0) is 11.3 Å².